The lowest BCUT2D eigenvalue weighted by Gasteiger charge is -2.34. The zero-order valence-corrected chi connectivity index (χ0v) is 31.4. The lowest BCUT2D eigenvalue weighted by atomic mass is 9.97. The summed E-state index contributed by atoms with van der Waals surface area (Å²) in [7, 11) is 2.00. The zero-order chi connectivity index (χ0) is 36.4. The molecule has 1 atom stereocenters. The molecule has 8 rings (SSSR count). The van der Waals surface area contributed by atoms with Crippen LogP contribution in [0.2, 0.25) is 10.0 Å². The molecule has 264 valence electrons. The van der Waals surface area contributed by atoms with Gasteiger partial charge in [0.1, 0.15) is 24.1 Å². The van der Waals surface area contributed by atoms with Gasteiger partial charge in [0.15, 0.2) is 5.82 Å². The first kappa shape index (κ1) is 33.9. The SMILES string of the molecule is Cc1cc(OCCCc2c3n(c4c(-c5c(C)ncnc5C)c(Cl)ccc24)C(C)CN(c2cn(C)c4ccc(-c5nc[nH]n5)cc24)C3=O)cc(C)c1Cl. The van der Waals surface area contributed by atoms with Crippen LogP contribution in [0.5, 0.6) is 5.75 Å². The van der Waals surface area contributed by atoms with Crippen LogP contribution in [0.1, 0.15) is 58.0 Å². The smallest absolute Gasteiger partial charge is 0.275 e. The molecule has 4 aromatic heterocycles. The summed E-state index contributed by atoms with van der Waals surface area (Å²) in [4.78, 5) is 30.5. The highest BCUT2D eigenvalue weighted by Crippen LogP contribution is 2.45. The molecule has 3 aromatic carbocycles. The largest absolute Gasteiger partial charge is 0.494 e. The molecular formula is C40H38Cl2N8O2. The minimum absolute atomic E-state index is 0.0650. The number of anilines is 1. The molecule has 1 aliphatic heterocycles. The minimum atomic E-state index is -0.0888. The minimum Gasteiger partial charge on any atom is -0.494 e. The maximum absolute atomic E-state index is 15.1. The number of ether oxygens (including phenoxy) is 1. The van der Waals surface area contributed by atoms with E-state index in [-0.39, 0.29) is 11.9 Å². The third-order valence-corrected chi connectivity index (χ3v) is 11.1. The van der Waals surface area contributed by atoms with E-state index < -0.39 is 0 Å². The highest BCUT2D eigenvalue weighted by molar-refractivity contribution is 6.35. The van der Waals surface area contributed by atoms with Gasteiger partial charge in [-0.15, -0.1) is 0 Å². The van der Waals surface area contributed by atoms with E-state index in [2.05, 4.69) is 59.4 Å². The fourth-order valence-electron chi connectivity index (χ4n) is 7.83. The summed E-state index contributed by atoms with van der Waals surface area (Å²) < 4.78 is 10.5. The summed E-state index contributed by atoms with van der Waals surface area (Å²) in [5.74, 6) is 1.32. The van der Waals surface area contributed by atoms with Crippen LogP contribution in [0.15, 0.2) is 61.3 Å². The van der Waals surface area contributed by atoms with Gasteiger partial charge in [-0.05, 0) is 101 Å². The molecule has 0 bridgehead atoms. The molecule has 10 nitrogen and oxygen atoms in total. The first-order valence-electron chi connectivity index (χ1n) is 17.3. The Morgan fingerprint density at radius 2 is 1.69 bits per heavy atom. The molecule has 0 saturated carbocycles. The zero-order valence-electron chi connectivity index (χ0n) is 29.9. The van der Waals surface area contributed by atoms with Crippen molar-refractivity contribution in [1.82, 2.24) is 34.3 Å². The molecule has 1 aliphatic rings. The predicted molar refractivity (Wildman–Crippen MR) is 207 cm³/mol. The third kappa shape index (κ3) is 5.52. The Kier molecular flexibility index (Phi) is 8.54. The van der Waals surface area contributed by atoms with Gasteiger partial charge in [-0.3, -0.25) is 9.89 Å². The summed E-state index contributed by atoms with van der Waals surface area (Å²) in [6.07, 6.45) is 6.48. The molecule has 1 N–H and O–H groups in total. The number of aromatic nitrogens is 7. The molecule has 0 aliphatic carbocycles. The lowest BCUT2D eigenvalue weighted by Crippen LogP contribution is -2.42. The predicted octanol–water partition coefficient (Wildman–Crippen LogP) is 9.15. The number of aromatic amines is 1. The van der Waals surface area contributed by atoms with Gasteiger partial charge in [-0.25, -0.2) is 15.0 Å². The molecule has 5 heterocycles. The highest BCUT2D eigenvalue weighted by atomic mass is 35.5. The van der Waals surface area contributed by atoms with Crippen LogP contribution >= 0.6 is 23.2 Å². The Morgan fingerprint density at radius 1 is 0.942 bits per heavy atom. The van der Waals surface area contributed by atoms with E-state index in [1.807, 2.05) is 70.1 Å². The van der Waals surface area contributed by atoms with Gasteiger partial charge < -0.3 is 18.8 Å². The van der Waals surface area contributed by atoms with Gasteiger partial charge in [0.25, 0.3) is 5.91 Å². The van der Waals surface area contributed by atoms with Crippen LogP contribution in [0.3, 0.4) is 0 Å². The Morgan fingerprint density at radius 3 is 2.40 bits per heavy atom. The Balaban J connectivity index is 1.26. The van der Waals surface area contributed by atoms with Gasteiger partial charge in [-0.2, -0.15) is 5.10 Å². The number of carbonyl (C=O) groups is 1. The second kappa shape index (κ2) is 13.1. The first-order chi connectivity index (χ1) is 25.0. The molecule has 7 aromatic rings. The number of nitrogens with one attached hydrogen (secondary N) is 1. The number of amides is 1. The number of carbonyl (C=O) groups excluding carboxylic acids is 1. The van der Waals surface area contributed by atoms with Crippen molar-refractivity contribution in [2.45, 2.75) is 53.5 Å². The summed E-state index contributed by atoms with van der Waals surface area (Å²) in [5.41, 5.74) is 10.6. The summed E-state index contributed by atoms with van der Waals surface area (Å²) in [6, 6.07) is 13.9. The van der Waals surface area contributed by atoms with Gasteiger partial charge >= 0.3 is 0 Å². The third-order valence-electron chi connectivity index (χ3n) is 10.2. The molecule has 52 heavy (non-hydrogen) atoms. The summed E-state index contributed by atoms with van der Waals surface area (Å²) >= 11 is 13.5. The summed E-state index contributed by atoms with van der Waals surface area (Å²) in [6.45, 7) is 11.0. The Bertz CT molecular complexity index is 2490. The lowest BCUT2D eigenvalue weighted by molar-refractivity contribution is 0.0957. The molecule has 0 radical (unpaired) electrons. The van der Waals surface area contributed by atoms with Crippen molar-refractivity contribution in [2.24, 2.45) is 7.05 Å². The number of aryl methyl sites for hydroxylation is 6. The number of fused-ring (bicyclic) bond motifs is 4. The van der Waals surface area contributed by atoms with Gasteiger partial charge in [-0.1, -0.05) is 29.3 Å². The second-order valence-electron chi connectivity index (χ2n) is 13.7. The average Bonchev–Trinajstić information content (AvgIpc) is 3.85. The molecule has 1 amide bonds. The highest BCUT2D eigenvalue weighted by Gasteiger charge is 2.37. The number of benzene rings is 3. The van der Waals surface area contributed by atoms with Crippen molar-refractivity contribution in [3.05, 3.63) is 105 Å². The van der Waals surface area contributed by atoms with E-state index >= 15 is 4.79 Å². The molecule has 0 spiro atoms. The quantitative estimate of drug-likeness (QED) is 0.156. The van der Waals surface area contributed by atoms with Crippen LogP contribution in [-0.2, 0) is 13.5 Å². The van der Waals surface area contributed by atoms with Crippen LogP contribution < -0.4 is 9.64 Å². The van der Waals surface area contributed by atoms with Crippen molar-refractivity contribution < 1.29 is 9.53 Å². The Labute approximate surface area is 311 Å². The van der Waals surface area contributed by atoms with Gasteiger partial charge in [0, 0.05) is 75.2 Å². The molecule has 0 fully saturated rings. The number of hydrogen-bond donors (Lipinski definition) is 1. The van der Waals surface area contributed by atoms with E-state index in [0.29, 0.717) is 42.5 Å². The van der Waals surface area contributed by atoms with Crippen LogP contribution in [0.25, 0.3) is 44.3 Å². The Hall–Kier alpha value is -5.19. The van der Waals surface area contributed by atoms with Crippen molar-refractivity contribution in [3.8, 4) is 28.3 Å². The number of halogens is 2. The van der Waals surface area contributed by atoms with Crippen molar-refractivity contribution in [2.75, 3.05) is 18.1 Å². The van der Waals surface area contributed by atoms with Crippen molar-refractivity contribution in [1.29, 1.82) is 0 Å². The normalized spacial score (nSPS) is 14.5. The average molecular weight is 734 g/mol. The molecular weight excluding hydrogens is 695 g/mol. The second-order valence-corrected chi connectivity index (χ2v) is 14.5. The first-order valence-corrected chi connectivity index (χ1v) is 18.1. The van der Waals surface area contributed by atoms with Crippen molar-refractivity contribution in [3.63, 3.8) is 0 Å². The monoisotopic (exact) mass is 732 g/mol. The van der Waals surface area contributed by atoms with Crippen LogP contribution in [0.4, 0.5) is 5.69 Å². The number of H-pyrrole nitrogens is 1. The molecule has 0 saturated heterocycles. The number of nitrogens with zero attached hydrogens (tertiary/aromatic N) is 7. The van der Waals surface area contributed by atoms with Crippen molar-refractivity contribution >= 4 is 56.6 Å². The summed E-state index contributed by atoms with van der Waals surface area (Å²) in [5, 5.41) is 10.4. The molecule has 12 heteroatoms. The van der Waals surface area contributed by atoms with Crippen LogP contribution in [-0.4, -0.2) is 53.3 Å². The maximum atomic E-state index is 15.1. The van der Waals surface area contributed by atoms with E-state index in [0.717, 1.165) is 83.0 Å². The van der Waals surface area contributed by atoms with Gasteiger partial charge in [0.05, 0.1) is 22.8 Å². The number of hydrogen-bond acceptors (Lipinski definition) is 6. The fourth-order valence-corrected chi connectivity index (χ4v) is 8.19. The number of rotatable bonds is 8. The van der Waals surface area contributed by atoms with E-state index in [4.69, 9.17) is 27.9 Å². The van der Waals surface area contributed by atoms with E-state index in [1.165, 1.54) is 0 Å². The molecule has 1 unspecified atom stereocenters. The standard InChI is InChI=1S/C40H38Cl2N8O2/c1-21-14-27(15-22(2)36(21)42)52-13-7-8-28-29-10-11-31(41)35(34-24(4)43-19-44-25(34)5)37(29)50-23(3)17-49(40(51)38(28)50)33-18-48(6)32-12-9-26(16-30(32)33)39-45-20-46-47-39/h9-12,14-16,18-20,23H,7-8,13,17H2,1-6H3,(H,45,46,47). The fraction of sp³-hybridized carbons (Fsp3) is 0.275. The maximum Gasteiger partial charge on any atom is 0.275 e. The van der Waals surface area contributed by atoms with E-state index in [9.17, 15) is 0 Å². The van der Waals surface area contributed by atoms with E-state index in [1.54, 1.807) is 12.7 Å². The topological polar surface area (TPSA) is 107 Å². The van der Waals surface area contributed by atoms with Gasteiger partial charge in [0.2, 0.25) is 0 Å². The van der Waals surface area contributed by atoms with Crippen LogP contribution in [0, 0.1) is 27.7 Å².